The maximum absolute atomic E-state index is 12.0. The van der Waals surface area contributed by atoms with Crippen molar-refractivity contribution in [2.75, 3.05) is 12.3 Å². The maximum Gasteiger partial charge on any atom is 0.390 e. The topological polar surface area (TPSA) is 24.4 Å². The molecule has 2 nitrogen and oxygen atoms in total. The van der Waals surface area contributed by atoms with Crippen molar-refractivity contribution in [2.45, 2.75) is 25.1 Å². The number of nitrogens with one attached hydrogen (secondary N) is 1. The number of amidine groups is 1. The van der Waals surface area contributed by atoms with Gasteiger partial charge in [0.05, 0.1) is 13.0 Å². The van der Waals surface area contributed by atoms with Crippen molar-refractivity contribution >= 4 is 16.9 Å². The molecule has 1 aromatic rings. The van der Waals surface area contributed by atoms with Gasteiger partial charge in [-0.15, -0.1) is 0 Å². The van der Waals surface area contributed by atoms with E-state index in [0.717, 1.165) is 12.2 Å². The van der Waals surface area contributed by atoms with E-state index in [9.17, 15) is 13.2 Å². The molecule has 1 aromatic carbocycles. The summed E-state index contributed by atoms with van der Waals surface area (Å²) in [6.07, 6.45) is -4.12. The summed E-state index contributed by atoms with van der Waals surface area (Å²) in [5.41, 5.74) is 1.22. The number of halogens is 3. The predicted octanol–water partition coefficient (Wildman–Crippen LogP) is 3.24. The first kappa shape index (κ1) is 14.2. The van der Waals surface area contributed by atoms with Gasteiger partial charge in [0.25, 0.3) is 0 Å². The van der Waals surface area contributed by atoms with Crippen molar-refractivity contribution in [3.8, 4) is 0 Å². The minimum Gasteiger partial charge on any atom is -0.361 e. The highest BCUT2D eigenvalue weighted by molar-refractivity contribution is 8.14. The zero-order valence-corrected chi connectivity index (χ0v) is 11.1. The highest BCUT2D eigenvalue weighted by Crippen LogP contribution is 2.21. The molecular weight excluding hydrogens is 273 g/mol. The Morgan fingerprint density at radius 1 is 1.26 bits per heavy atom. The lowest BCUT2D eigenvalue weighted by Gasteiger charge is -2.09. The molecule has 2 rings (SSSR count). The van der Waals surface area contributed by atoms with Crippen molar-refractivity contribution in [3.63, 3.8) is 0 Å². The standard InChI is InChI=1S/C13H15F3N2S/c14-13(15,16)6-7-17-12-18-11(9-19-12)8-10-4-2-1-3-5-10/h1-5,11H,6-9H2,(H,17,18). The largest absolute Gasteiger partial charge is 0.390 e. The number of benzene rings is 1. The SMILES string of the molecule is FC(F)(F)CCN=C1NC(Cc2ccccc2)CS1. The minimum absolute atomic E-state index is 0.198. The molecule has 19 heavy (non-hydrogen) atoms. The molecule has 6 heteroatoms. The quantitative estimate of drug-likeness (QED) is 0.920. The van der Waals surface area contributed by atoms with Gasteiger partial charge in [0, 0.05) is 11.8 Å². The molecule has 0 saturated carbocycles. The molecule has 0 radical (unpaired) electrons. The van der Waals surface area contributed by atoms with Crippen LogP contribution in [0.15, 0.2) is 35.3 Å². The van der Waals surface area contributed by atoms with Crippen molar-refractivity contribution in [1.29, 1.82) is 0 Å². The first-order valence-corrected chi connectivity index (χ1v) is 7.06. The van der Waals surface area contributed by atoms with E-state index in [1.54, 1.807) is 0 Å². The molecule has 1 unspecified atom stereocenters. The van der Waals surface area contributed by atoms with Crippen LogP contribution < -0.4 is 5.32 Å². The summed E-state index contributed by atoms with van der Waals surface area (Å²) in [7, 11) is 0. The molecule has 0 spiro atoms. The summed E-state index contributed by atoms with van der Waals surface area (Å²) in [6, 6.07) is 10.3. The Kier molecular flexibility index (Phi) is 4.74. The lowest BCUT2D eigenvalue weighted by atomic mass is 10.1. The van der Waals surface area contributed by atoms with Crippen molar-refractivity contribution in [2.24, 2.45) is 4.99 Å². The monoisotopic (exact) mass is 288 g/mol. The number of hydrogen-bond donors (Lipinski definition) is 1. The van der Waals surface area contributed by atoms with Gasteiger partial charge in [-0.25, -0.2) is 0 Å². The number of hydrogen-bond acceptors (Lipinski definition) is 2. The van der Waals surface area contributed by atoms with Gasteiger partial charge in [-0.2, -0.15) is 13.2 Å². The Balaban J connectivity index is 1.78. The second-order valence-corrected chi connectivity index (χ2v) is 5.40. The van der Waals surface area contributed by atoms with Gasteiger partial charge in [0.2, 0.25) is 0 Å². The predicted molar refractivity (Wildman–Crippen MR) is 72.5 cm³/mol. The van der Waals surface area contributed by atoms with Gasteiger partial charge in [-0.05, 0) is 12.0 Å². The lowest BCUT2D eigenvalue weighted by Crippen LogP contribution is -2.29. The number of thioether (sulfide) groups is 1. The fourth-order valence-electron chi connectivity index (χ4n) is 1.82. The Labute approximate surface area is 114 Å². The van der Waals surface area contributed by atoms with Crippen LogP contribution in [0, 0.1) is 0 Å². The van der Waals surface area contributed by atoms with Gasteiger partial charge >= 0.3 is 6.18 Å². The Hall–Kier alpha value is -1.17. The van der Waals surface area contributed by atoms with E-state index >= 15 is 0 Å². The van der Waals surface area contributed by atoms with E-state index in [4.69, 9.17) is 0 Å². The third kappa shape index (κ3) is 5.14. The summed E-state index contributed by atoms with van der Waals surface area (Å²) < 4.78 is 36.0. The molecule has 104 valence electrons. The summed E-state index contributed by atoms with van der Waals surface area (Å²) in [6.45, 7) is -0.198. The molecule has 1 aliphatic heterocycles. The van der Waals surface area contributed by atoms with E-state index < -0.39 is 12.6 Å². The van der Waals surface area contributed by atoms with Crippen LogP contribution >= 0.6 is 11.8 Å². The smallest absolute Gasteiger partial charge is 0.361 e. The van der Waals surface area contributed by atoms with E-state index in [-0.39, 0.29) is 12.6 Å². The molecule has 1 aliphatic rings. The van der Waals surface area contributed by atoms with E-state index in [1.807, 2.05) is 30.3 Å². The minimum atomic E-state index is -4.13. The number of rotatable bonds is 4. The Morgan fingerprint density at radius 3 is 2.68 bits per heavy atom. The lowest BCUT2D eigenvalue weighted by molar-refractivity contribution is -0.132. The second kappa shape index (κ2) is 6.32. The highest BCUT2D eigenvalue weighted by atomic mass is 32.2. The fraction of sp³-hybridized carbons (Fsp3) is 0.462. The number of alkyl halides is 3. The van der Waals surface area contributed by atoms with Gasteiger partial charge in [-0.3, -0.25) is 4.99 Å². The second-order valence-electron chi connectivity index (χ2n) is 4.39. The molecule has 1 heterocycles. The molecule has 1 fully saturated rings. The van der Waals surface area contributed by atoms with Crippen LogP contribution in [0.4, 0.5) is 13.2 Å². The number of nitrogens with zero attached hydrogens (tertiary/aromatic N) is 1. The van der Waals surface area contributed by atoms with Crippen LogP contribution in [-0.4, -0.2) is 29.7 Å². The van der Waals surface area contributed by atoms with Crippen LogP contribution in [0.5, 0.6) is 0 Å². The van der Waals surface area contributed by atoms with Gasteiger partial charge < -0.3 is 5.32 Å². The molecular formula is C13H15F3N2S. The molecule has 0 amide bonds. The normalized spacial score (nSPS) is 21.6. The highest BCUT2D eigenvalue weighted by Gasteiger charge is 2.27. The molecule has 0 bridgehead atoms. The van der Waals surface area contributed by atoms with Crippen LogP contribution in [0.3, 0.4) is 0 Å². The third-order valence-corrected chi connectivity index (χ3v) is 3.81. The van der Waals surface area contributed by atoms with Crippen LogP contribution in [0.2, 0.25) is 0 Å². The molecule has 1 atom stereocenters. The van der Waals surface area contributed by atoms with E-state index in [2.05, 4.69) is 10.3 Å². The van der Waals surface area contributed by atoms with Gasteiger partial charge in [0.15, 0.2) is 5.17 Å². The van der Waals surface area contributed by atoms with Crippen LogP contribution in [-0.2, 0) is 6.42 Å². The first-order valence-electron chi connectivity index (χ1n) is 6.07. The summed E-state index contributed by atoms with van der Waals surface area (Å²) in [4.78, 5) is 3.95. The molecule has 0 aliphatic carbocycles. The third-order valence-electron chi connectivity index (χ3n) is 2.72. The van der Waals surface area contributed by atoms with Crippen molar-refractivity contribution < 1.29 is 13.2 Å². The average Bonchev–Trinajstić information content (AvgIpc) is 2.76. The zero-order valence-electron chi connectivity index (χ0n) is 10.3. The van der Waals surface area contributed by atoms with E-state index in [0.29, 0.717) is 5.17 Å². The molecule has 1 saturated heterocycles. The maximum atomic E-state index is 12.0. The summed E-state index contributed by atoms with van der Waals surface area (Å²) in [5, 5.41) is 3.80. The Bertz CT molecular complexity index is 431. The average molecular weight is 288 g/mol. The van der Waals surface area contributed by atoms with Gasteiger partial charge in [-0.1, -0.05) is 42.1 Å². The van der Waals surface area contributed by atoms with Crippen molar-refractivity contribution in [1.82, 2.24) is 5.32 Å². The Morgan fingerprint density at radius 2 is 2.00 bits per heavy atom. The molecule has 0 aromatic heterocycles. The summed E-state index contributed by atoms with van der Waals surface area (Å²) in [5.74, 6) is 0.847. The van der Waals surface area contributed by atoms with Crippen LogP contribution in [0.1, 0.15) is 12.0 Å². The van der Waals surface area contributed by atoms with Gasteiger partial charge in [0.1, 0.15) is 0 Å². The first-order chi connectivity index (χ1) is 9.03. The zero-order chi connectivity index (χ0) is 13.7. The van der Waals surface area contributed by atoms with Crippen LogP contribution in [0.25, 0.3) is 0 Å². The molecule has 1 N–H and O–H groups in total. The summed E-state index contributed by atoms with van der Waals surface area (Å²) >= 11 is 1.49. The van der Waals surface area contributed by atoms with Crippen molar-refractivity contribution in [3.05, 3.63) is 35.9 Å². The fourth-order valence-corrected chi connectivity index (χ4v) is 2.81. The number of aliphatic imine (C=N–C) groups is 1. The van der Waals surface area contributed by atoms with E-state index in [1.165, 1.54) is 17.3 Å².